The van der Waals surface area contributed by atoms with E-state index in [9.17, 15) is 14.4 Å². The number of fused-ring (bicyclic) bond motifs is 3. The molecule has 2 saturated heterocycles. The second kappa shape index (κ2) is 8.49. The van der Waals surface area contributed by atoms with E-state index in [-0.39, 0.29) is 22.7 Å². The van der Waals surface area contributed by atoms with E-state index in [0.29, 0.717) is 22.5 Å². The number of anilines is 2. The molecule has 2 fully saturated rings. The molecule has 2 N–H and O–H groups in total. The average molecular weight is 489 g/mol. The molecule has 2 bridgehead atoms. The molecule has 0 unspecified atom stereocenters. The number of carbonyl (C=O) groups is 1. The zero-order chi connectivity index (χ0) is 25.0. The molecule has 36 heavy (non-hydrogen) atoms. The molecule has 2 aromatic carbocycles. The van der Waals surface area contributed by atoms with E-state index >= 15 is 0 Å². The minimum absolute atomic E-state index is 0.00251. The van der Waals surface area contributed by atoms with Crippen molar-refractivity contribution in [3.05, 3.63) is 71.4 Å². The van der Waals surface area contributed by atoms with Crippen LogP contribution in [0.15, 0.2) is 54.7 Å². The Labute approximate surface area is 206 Å². The topological polar surface area (TPSA) is 98.4 Å². The molecule has 4 heterocycles. The van der Waals surface area contributed by atoms with Crippen LogP contribution in [0.3, 0.4) is 0 Å². The van der Waals surface area contributed by atoms with Gasteiger partial charge in [0.15, 0.2) is 0 Å². The van der Waals surface area contributed by atoms with Gasteiger partial charge in [0, 0.05) is 55.9 Å². The normalized spacial score (nSPS) is 18.7. The first-order chi connectivity index (χ1) is 17.4. The van der Waals surface area contributed by atoms with Gasteiger partial charge >= 0.3 is 5.91 Å². The summed E-state index contributed by atoms with van der Waals surface area (Å²) in [6.07, 6.45) is 2.98. The molecule has 6 rings (SSSR count). The number of methoxy groups -OCH3 is 1. The molecule has 2 aliphatic heterocycles. The molecule has 0 aliphatic carbocycles. The molecule has 4 aromatic rings. The van der Waals surface area contributed by atoms with Gasteiger partial charge in [0.05, 0.1) is 24.0 Å². The van der Waals surface area contributed by atoms with Gasteiger partial charge in [-0.25, -0.2) is 4.39 Å². The van der Waals surface area contributed by atoms with Crippen LogP contribution in [-0.4, -0.2) is 48.0 Å². The zero-order valence-electron chi connectivity index (χ0n) is 19.9. The number of carbonyl (C=O) groups excluding carboxylic acids is 1. The Morgan fingerprint density at radius 2 is 2.08 bits per heavy atom. The molecule has 0 saturated carbocycles. The molecule has 1 amide bonds. The third-order valence-electron chi connectivity index (χ3n) is 7.00. The number of halogens is 1. The van der Waals surface area contributed by atoms with E-state index in [2.05, 4.69) is 20.6 Å². The van der Waals surface area contributed by atoms with Crippen LogP contribution in [-0.2, 0) is 7.05 Å². The number of benzene rings is 2. The number of pyridine rings is 1. The summed E-state index contributed by atoms with van der Waals surface area (Å²) >= 11 is 0. The Hall–Kier alpha value is -4.18. The number of amides is 1. The molecule has 2 aliphatic rings. The fraction of sp³-hybridized carbons (Fsp3) is 0.269. The SMILES string of the molecule is COc1cccc(F)c1-c1cccc(C(=O)Nc2ccc3nn(C)cc3c2N2C[C@H]3C[C@@H]2CN3)[n+]1[O-]. The highest BCUT2D eigenvalue weighted by molar-refractivity contribution is 6.08. The molecule has 2 aromatic heterocycles. The van der Waals surface area contributed by atoms with E-state index in [1.54, 1.807) is 16.8 Å². The van der Waals surface area contributed by atoms with Crippen molar-refractivity contribution in [2.24, 2.45) is 7.05 Å². The summed E-state index contributed by atoms with van der Waals surface area (Å²) < 4.78 is 22.1. The fourth-order valence-corrected chi connectivity index (χ4v) is 5.40. The van der Waals surface area contributed by atoms with E-state index < -0.39 is 11.7 Å². The summed E-state index contributed by atoms with van der Waals surface area (Å²) in [5, 5.41) is 25.2. The smallest absolute Gasteiger partial charge is 0.321 e. The van der Waals surface area contributed by atoms with Crippen LogP contribution in [0, 0.1) is 11.0 Å². The van der Waals surface area contributed by atoms with Crippen LogP contribution in [0.2, 0.25) is 0 Å². The van der Waals surface area contributed by atoms with Crippen molar-refractivity contribution in [1.29, 1.82) is 0 Å². The van der Waals surface area contributed by atoms with Gasteiger partial charge in [0.25, 0.3) is 5.69 Å². The van der Waals surface area contributed by atoms with Gasteiger partial charge in [-0.1, -0.05) is 6.07 Å². The second-order valence-corrected chi connectivity index (χ2v) is 9.21. The first-order valence-electron chi connectivity index (χ1n) is 11.8. The van der Waals surface area contributed by atoms with Gasteiger partial charge in [0.2, 0.25) is 5.69 Å². The van der Waals surface area contributed by atoms with Crippen LogP contribution in [0.5, 0.6) is 5.75 Å². The zero-order valence-corrected chi connectivity index (χ0v) is 19.9. The maximum absolute atomic E-state index is 14.7. The largest absolute Gasteiger partial charge is 0.618 e. The lowest BCUT2D eigenvalue weighted by molar-refractivity contribution is -0.596. The predicted molar refractivity (Wildman–Crippen MR) is 134 cm³/mol. The van der Waals surface area contributed by atoms with Crippen molar-refractivity contribution >= 4 is 28.2 Å². The first-order valence-corrected chi connectivity index (χ1v) is 11.8. The van der Waals surface area contributed by atoms with Crippen LogP contribution < -0.4 is 25.0 Å². The number of aromatic nitrogens is 3. The van der Waals surface area contributed by atoms with E-state index in [1.165, 1.54) is 31.4 Å². The van der Waals surface area contributed by atoms with Crippen molar-refractivity contribution in [3.8, 4) is 17.0 Å². The lowest BCUT2D eigenvalue weighted by Gasteiger charge is -2.31. The number of hydrogen-bond acceptors (Lipinski definition) is 6. The highest BCUT2D eigenvalue weighted by Gasteiger charge is 2.39. The van der Waals surface area contributed by atoms with Gasteiger partial charge in [-0.3, -0.25) is 9.48 Å². The maximum atomic E-state index is 14.7. The van der Waals surface area contributed by atoms with Crippen molar-refractivity contribution in [2.75, 3.05) is 30.4 Å². The summed E-state index contributed by atoms with van der Waals surface area (Å²) in [7, 11) is 3.27. The Bertz CT molecular complexity index is 1500. The fourth-order valence-electron chi connectivity index (χ4n) is 5.40. The predicted octanol–water partition coefficient (Wildman–Crippen LogP) is 2.82. The summed E-state index contributed by atoms with van der Waals surface area (Å²) in [6, 6.07) is 13.2. The molecular weight excluding hydrogens is 463 g/mol. The Morgan fingerprint density at radius 3 is 2.83 bits per heavy atom. The van der Waals surface area contributed by atoms with Crippen molar-refractivity contribution in [1.82, 2.24) is 15.1 Å². The number of aryl methyl sites for hydroxylation is 1. The van der Waals surface area contributed by atoms with Crippen molar-refractivity contribution in [3.63, 3.8) is 0 Å². The minimum atomic E-state index is -0.612. The van der Waals surface area contributed by atoms with Crippen molar-refractivity contribution < 1.29 is 18.7 Å². The lowest BCUT2D eigenvalue weighted by atomic mass is 10.1. The number of nitrogens with zero attached hydrogens (tertiary/aromatic N) is 4. The molecule has 10 heteroatoms. The molecule has 0 radical (unpaired) electrons. The summed E-state index contributed by atoms with van der Waals surface area (Å²) in [4.78, 5) is 15.7. The van der Waals surface area contributed by atoms with Gasteiger partial charge in [-0.2, -0.15) is 9.83 Å². The lowest BCUT2D eigenvalue weighted by Crippen LogP contribution is -2.44. The molecule has 2 atom stereocenters. The number of rotatable bonds is 5. The van der Waals surface area contributed by atoms with Gasteiger partial charge in [-0.15, -0.1) is 0 Å². The minimum Gasteiger partial charge on any atom is -0.618 e. The second-order valence-electron chi connectivity index (χ2n) is 9.21. The van der Waals surface area contributed by atoms with Gasteiger partial charge < -0.3 is 25.5 Å². The monoisotopic (exact) mass is 488 g/mol. The van der Waals surface area contributed by atoms with E-state index in [4.69, 9.17) is 4.74 Å². The van der Waals surface area contributed by atoms with Crippen LogP contribution in [0.4, 0.5) is 15.8 Å². The summed E-state index contributed by atoms with van der Waals surface area (Å²) in [6.45, 7) is 1.70. The molecule has 9 nitrogen and oxygen atoms in total. The van der Waals surface area contributed by atoms with Gasteiger partial charge in [-0.05, 0) is 36.8 Å². The van der Waals surface area contributed by atoms with Crippen LogP contribution in [0.25, 0.3) is 22.2 Å². The molecule has 184 valence electrons. The average Bonchev–Trinajstić information content (AvgIpc) is 3.59. The quantitative estimate of drug-likeness (QED) is 0.331. The highest BCUT2D eigenvalue weighted by atomic mass is 19.1. The maximum Gasteiger partial charge on any atom is 0.321 e. The van der Waals surface area contributed by atoms with Crippen LogP contribution >= 0.6 is 0 Å². The molecular formula is C26H25FN6O3. The highest BCUT2D eigenvalue weighted by Crippen LogP contribution is 2.40. The molecule has 0 spiro atoms. The van der Waals surface area contributed by atoms with Gasteiger partial charge in [0.1, 0.15) is 17.1 Å². The Kier molecular flexibility index (Phi) is 5.26. The standard InChI is InChI=1S/C26H25FN6O3/c1-31-14-17-19(30-31)9-10-20(25(17)32-13-15-11-16(32)12-28-15)29-26(34)22-7-4-6-21(33(22)35)24-18(27)5-3-8-23(24)36-2/h3-10,14-16,28H,11-13H2,1-2H3,(H,29,34)/t15-,16-/m1/s1. The number of hydrogen-bond donors (Lipinski definition) is 2. The van der Waals surface area contributed by atoms with E-state index in [1.807, 2.05) is 25.4 Å². The Balaban J connectivity index is 1.40. The third kappa shape index (κ3) is 3.53. The number of nitrogens with one attached hydrogen (secondary N) is 2. The van der Waals surface area contributed by atoms with E-state index in [0.717, 1.165) is 36.1 Å². The summed E-state index contributed by atoms with van der Waals surface area (Å²) in [5.74, 6) is -0.994. The van der Waals surface area contributed by atoms with Crippen molar-refractivity contribution in [2.45, 2.75) is 18.5 Å². The number of ether oxygens (including phenoxy) is 1. The summed E-state index contributed by atoms with van der Waals surface area (Å²) in [5.41, 5.74) is 2.16. The third-order valence-corrected chi connectivity index (χ3v) is 7.00. The first kappa shape index (κ1) is 22.3. The Morgan fingerprint density at radius 1 is 1.25 bits per heavy atom. The number of piperazine rings is 1. The van der Waals surface area contributed by atoms with Crippen LogP contribution in [0.1, 0.15) is 16.9 Å².